The normalized spacial score (nSPS) is 18.1. The first-order chi connectivity index (χ1) is 10.7. The molecular formula is C16H21N5O. The maximum atomic E-state index is 12.5. The van der Waals surface area contributed by atoms with E-state index in [1.54, 1.807) is 24.2 Å². The zero-order valence-electron chi connectivity index (χ0n) is 12.8. The molecule has 6 nitrogen and oxygen atoms in total. The van der Waals surface area contributed by atoms with Crippen molar-refractivity contribution in [3.05, 3.63) is 48.0 Å². The van der Waals surface area contributed by atoms with Crippen molar-refractivity contribution < 1.29 is 4.79 Å². The van der Waals surface area contributed by atoms with Gasteiger partial charge in [-0.3, -0.25) is 14.5 Å². The van der Waals surface area contributed by atoms with E-state index in [4.69, 9.17) is 0 Å². The molecule has 0 spiro atoms. The molecule has 1 atom stereocenters. The molecular weight excluding hydrogens is 278 g/mol. The van der Waals surface area contributed by atoms with Gasteiger partial charge in [0.15, 0.2) is 0 Å². The molecule has 0 unspecified atom stereocenters. The first-order valence-electron chi connectivity index (χ1n) is 7.65. The lowest BCUT2D eigenvalue weighted by molar-refractivity contribution is 0.0776. The van der Waals surface area contributed by atoms with Gasteiger partial charge < -0.3 is 10.2 Å². The molecule has 116 valence electrons. The second kappa shape index (κ2) is 6.70. The molecule has 0 saturated carbocycles. The molecule has 1 N–H and O–H groups in total. The zero-order chi connectivity index (χ0) is 15.4. The van der Waals surface area contributed by atoms with Gasteiger partial charge in [0, 0.05) is 26.0 Å². The lowest BCUT2D eigenvalue weighted by Gasteiger charge is -2.23. The van der Waals surface area contributed by atoms with E-state index in [1.807, 2.05) is 29.1 Å². The largest absolute Gasteiger partial charge is 0.334 e. The van der Waals surface area contributed by atoms with Gasteiger partial charge in [-0.15, -0.1) is 0 Å². The summed E-state index contributed by atoms with van der Waals surface area (Å²) in [6, 6.07) is 7.84. The molecule has 2 aromatic rings. The van der Waals surface area contributed by atoms with Gasteiger partial charge in [0.05, 0.1) is 18.3 Å². The van der Waals surface area contributed by atoms with Crippen LogP contribution in [0.4, 0.5) is 0 Å². The van der Waals surface area contributed by atoms with Crippen molar-refractivity contribution in [2.24, 2.45) is 0 Å². The summed E-state index contributed by atoms with van der Waals surface area (Å²) in [7, 11) is 1.78. The molecule has 3 rings (SSSR count). The Balaban J connectivity index is 1.65. The van der Waals surface area contributed by atoms with E-state index in [9.17, 15) is 4.79 Å². The molecule has 0 aliphatic carbocycles. The number of aromatic nitrogens is 3. The minimum absolute atomic E-state index is 0.0758. The highest BCUT2D eigenvalue weighted by Gasteiger charge is 2.19. The summed E-state index contributed by atoms with van der Waals surface area (Å²) < 4.78 is 1.91. The Morgan fingerprint density at radius 2 is 2.36 bits per heavy atom. The molecule has 22 heavy (non-hydrogen) atoms. The van der Waals surface area contributed by atoms with Crippen LogP contribution in [0.3, 0.4) is 0 Å². The summed E-state index contributed by atoms with van der Waals surface area (Å²) in [5.74, 6) is -0.0758. The summed E-state index contributed by atoms with van der Waals surface area (Å²) >= 11 is 0. The van der Waals surface area contributed by atoms with Gasteiger partial charge >= 0.3 is 0 Å². The summed E-state index contributed by atoms with van der Waals surface area (Å²) in [6.45, 7) is 2.47. The van der Waals surface area contributed by atoms with Crippen LogP contribution in [0.5, 0.6) is 0 Å². The average Bonchev–Trinajstić information content (AvgIpc) is 3.06. The van der Waals surface area contributed by atoms with Crippen LogP contribution in [0.25, 0.3) is 0 Å². The molecule has 2 aromatic heterocycles. The van der Waals surface area contributed by atoms with Gasteiger partial charge in [-0.1, -0.05) is 6.07 Å². The van der Waals surface area contributed by atoms with E-state index in [1.165, 1.54) is 0 Å². The van der Waals surface area contributed by atoms with Crippen molar-refractivity contribution in [1.29, 1.82) is 0 Å². The van der Waals surface area contributed by atoms with Crippen molar-refractivity contribution in [3.63, 3.8) is 0 Å². The minimum Gasteiger partial charge on any atom is -0.334 e. The van der Waals surface area contributed by atoms with Gasteiger partial charge in [-0.25, -0.2) is 0 Å². The molecule has 0 aromatic carbocycles. The number of carbonyl (C=O) groups is 1. The van der Waals surface area contributed by atoms with Crippen LogP contribution in [0.15, 0.2) is 36.7 Å². The van der Waals surface area contributed by atoms with Gasteiger partial charge in [0.2, 0.25) is 0 Å². The predicted octanol–water partition coefficient (Wildman–Crippen LogP) is 1.47. The quantitative estimate of drug-likeness (QED) is 0.929. The van der Waals surface area contributed by atoms with Crippen molar-refractivity contribution in [2.45, 2.75) is 25.4 Å². The van der Waals surface area contributed by atoms with E-state index in [-0.39, 0.29) is 5.91 Å². The Labute approximate surface area is 130 Å². The van der Waals surface area contributed by atoms with Crippen molar-refractivity contribution in [3.8, 4) is 0 Å². The van der Waals surface area contributed by atoms with E-state index >= 15 is 0 Å². The Morgan fingerprint density at radius 3 is 3.09 bits per heavy atom. The monoisotopic (exact) mass is 299 g/mol. The fourth-order valence-electron chi connectivity index (χ4n) is 2.72. The van der Waals surface area contributed by atoms with Crippen LogP contribution in [-0.2, 0) is 6.54 Å². The van der Waals surface area contributed by atoms with E-state index in [2.05, 4.69) is 15.4 Å². The molecule has 0 radical (unpaired) electrons. The average molecular weight is 299 g/mol. The van der Waals surface area contributed by atoms with Gasteiger partial charge in [-0.05, 0) is 37.6 Å². The molecule has 1 saturated heterocycles. The second-order valence-corrected chi connectivity index (χ2v) is 5.66. The maximum absolute atomic E-state index is 12.5. The van der Waals surface area contributed by atoms with E-state index in [0.717, 1.165) is 31.6 Å². The zero-order valence-corrected chi connectivity index (χ0v) is 12.8. The summed E-state index contributed by atoms with van der Waals surface area (Å²) in [4.78, 5) is 18.3. The molecule has 1 amide bonds. The fraction of sp³-hybridized carbons (Fsp3) is 0.438. The number of amides is 1. The third-order valence-electron chi connectivity index (χ3n) is 3.94. The topological polar surface area (TPSA) is 63.1 Å². The first-order valence-corrected chi connectivity index (χ1v) is 7.65. The first kappa shape index (κ1) is 14.7. The number of nitrogens with zero attached hydrogens (tertiary/aromatic N) is 4. The second-order valence-electron chi connectivity index (χ2n) is 5.66. The summed E-state index contributed by atoms with van der Waals surface area (Å²) in [5, 5.41) is 7.82. The van der Waals surface area contributed by atoms with E-state index in [0.29, 0.717) is 18.3 Å². The molecule has 6 heteroatoms. The molecule has 1 aliphatic rings. The molecule has 0 bridgehead atoms. The third-order valence-corrected chi connectivity index (χ3v) is 3.94. The lowest BCUT2D eigenvalue weighted by Crippen LogP contribution is -2.32. The molecule has 3 heterocycles. The number of hydrogen-bond donors (Lipinski definition) is 1. The van der Waals surface area contributed by atoms with Crippen LogP contribution in [0.1, 0.15) is 35.1 Å². The number of carbonyl (C=O) groups excluding carboxylic acids is 1. The van der Waals surface area contributed by atoms with Crippen LogP contribution in [-0.4, -0.2) is 45.7 Å². The summed E-state index contributed by atoms with van der Waals surface area (Å²) in [5.41, 5.74) is 1.36. The van der Waals surface area contributed by atoms with Gasteiger partial charge in [0.25, 0.3) is 5.91 Å². The number of nitrogens with one attached hydrogen (secondary N) is 1. The van der Waals surface area contributed by atoms with Gasteiger partial charge in [0.1, 0.15) is 5.69 Å². The van der Waals surface area contributed by atoms with E-state index < -0.39 is 0 Å². The summed E-state index contributed by atoms with van der Waals surface area (Å²) in [6.07, 6.45) is 5.89. The number of pyridine rings is 1. The Bertz CT molecular complexity index is 618. The maximum Gasteiger partial charge on any atom is 0.274 e. The van der Waals surface area contributed by atoms with Crippen LogP contribution in [0, 0.1) is 0 Å². The highest BCUT2D eigenvalue weighted by atomic mass is 16.2. The van der Waals surface area contributed by atoms with Crippen LogP contribution in [0.2, 0.25) is 0 Å². The Kier molecular flexibility index (Phi) is 4.48. The number of hydrogen-bond acceptors (Lipinski definition) is 4. The van der Waals surface area contributed by atoms with Crippen molar-refractivity contribution >= 4 is 5.91 Å². The smallest absolute Gasteiger partial charge is 0.274 e. The van der Waals surface area contributed by atoms with Crippen molar-refractivity contribution in [1.82, 2.24) is 25.0 Å². The number of rotatable bonds is 4. The minimum atomic E-state index is -0.0758. The molecule has 1 fully saturated rings. The third kappa shape index (κ3) is 3.33. The van der Waals surface area contributed by atoms with Crippen LogP contribution >= 0.6 is 0 Å². The highest BCUT2D eigenvalue weighted by Crippen LogP contribution is 2.16. The Morgan fingerprint density at radius 1 is 1.45 bits per heavy atom. The number of piperidine rings is 1. The Hall–Kier alpha value is -2.21. The SMILES string of the molecule is CN(Cc1ccccn1)C(=O)c1ccn([C@H]2CCCNC2)n1. The fourth-order valence-corrected chi connectivity index (χ4v) is 2.72. The predicted molar refractivity (Wildman–Crippen MR) is 83.4 cm³/mol. The van der Waals surface area contributed by atoms with Gasteiger partial charge in [-0.2, -0.15) is 5.10 Å². The van der Waals surface area contributed by atoms with Crippen molar-refractivity contribution in [2.75, 3.05) is 20.1 Å². The highest BCUT2D eigenvalue weighted by molar-refractivity contribution is 5.91. The molecule has 1 aliphatic heterocycles. The standard InChI is InChI=1S/C16H21N5O/c1-20(12-13-5-2-3-9-18-13)16(22)15-7-10-21(19-15)14-6-4-8-17-11-14/h2-3,5,7,9-10,14,17H,4,6,8,11-12H2,1H3/t14-/m0/s1. The lowest BCUT2D eigenvalue weighted by atomic mass is 10.1. The van der Waals surface area contributed by atoms with Crippen LogP contribution < -0.4 is 5.32 Å².